The first-order valence-corrected chi connectivity index (χ1v) is 8.42. The van der Waals surface area contributed by atoms with Crippen LogP contribution in [0.1, 0.15) is 34.8 Å². The number of carbonyl (C=O) groups excluding carboxylic acids is 1. The molecular weight excluding hydrogens is 388 g/mol. The molecule has 0 saturated heterocycles. The first-order chi connectivity index (χ1) is 11.9. The van der Waals surface area contributed by atoms with Gasteiger partial charge in [-0.05, 0) is 36.1 Å². The van der Waals surface area contributed by atoms with Crippen LogP contribution in [0.5, 0.6) is 0 Å². The first kappa shape index (κ1) is 22.1. The molecule has 0 aliphatic heterocycles. The van der Waals surface area contributed by atoms with Gasteiger partial charge in [0.05, 0.1) is 11.1 Å². The Labute approximate surface area is 148 Å². The molecule has 0 heterocycles. The number of carboxylic acids is 1. The zero-order valence-corrected chi connectivity index (χ0v) is 14.2. The van der Waals surface area contributed by atoms with Gasteiger partial charge in [-0.2, -0.15) is 38.1 Å². The second-order valence-corrected chi connectivity index (χ2v) is 6.54. The third-order valence-corrected chi connectivity index (χ3v) is 4.14. The average molecular weight is 403 g/mol. The van der Waals surface area contributed by atoms with Crippen LogP contribution in [0.2, 0.25) is 0 Å². The fraction of sp³-hybridized carbons (Fsp3) is 0.467. The van der Waals surface area contributed by atoms with Crippen molar-refractivity contribution in [3.8, 4) is 0 Å². The van der Waals surface area contributed by atoms with Crippen molar-refractivity contribution in [2.45, 2.75) is 31.7 Å². The number of carboxylic acid groups (broad SMARTS) is 1. The highest BCUT2D eigenvalue weighted by Gasteiger charge is 2.37. The van der Waals surface area contributed by atoms with Gasteiger partial charge in [-0.25, -0.2) is 4.79 Å². The SMILES string of the molecule is CCSCCC(NC(=O)c1cc(C(F)(F)F)cc(C(F)(F)F)c1)C(=O)O. The number of carbonyl (C=O) groups is 2. The summed E-state index contributed by atoms with van der Waals surface area (Å²) < 4.78 is 76.8. The van der Waals surface area contributed by atoms with Crippen LogP contribution in [0, 0.1) is 0 Å². The molecule has 0 saturated carbocycles. The van der Waals surface area contributed by atoms with Crippen molar-refractivity contribution in [1.29, 1.82) is 0 Å². The highest BCUT2D eigenvalue weighted by atomic mass is 32.2. The number of rotatable bonds is 7. The van der Waals surface area contributed by atoms with Gasteiger partial charge in [0.2, 0.25) is 0 Å². The van der Waals surface area contributed by atoms with Crippen molar-refractivity contribution in [1.82, 2.24) is 5.32 Å². The lowest BCUT2D eigenvalue weighted by Crippen LogP contribution is -2.41. The number of aliphatic carboxylic acids is 1. The summed E-state index contributed by atoms with van der Waals surface area (Å²) in [5, 5.41) is 11.0. The van der Waals surface area contributed by atoms with E-state index in [0.29, 0.717) is 11.5 Å². The lowest BCUT2D eigenvalue weighted by atomic mass is 10.0. The number of alkyl halides is 6. The smallest absolute Gasteiger partial charge is 0.416 e. The van der Waals surface area contributed by atoms with E-state index in [0.717, 1.165) is 0 Å². The molecule has 1 aromatic carbocycles. The fourth-order valence-corrected chi connectivity index (χ4v) is 2.62. The molecule has 0 spiro atoms. The number of hydrogen-bond acceptors (Lipinski definition) is 3. The molecule has 0 aromatic heterocycles. The molecule has 1 aromatic rings. The molecule has 2 N–H and O–H groups in total. The molecule has 0 radical (unpaired) electrons. The van der Waals surface area contributed by atoms with Crippen LogP contribution in [0.3, 0.4) is 0 Å². The number of benzene rings is 1. The molecular formula is C15H15F6NO3S. The van der Waals surface area contributed by atoms with Crippen LogP contribution in [0.25, 0.3) is 0 Å². The summed E-state index contributed by atoms with van der Waals surface area (Å²) in [4.78, 5) is 23.2. The fourth-order valence-electron chi connectivity index (χ4n) is 1.93. The Morgan fingerprint density at radius 1 is 1.08 bits per heavy atom. The molecule has 146 valence electrons. The normalized spacial score (nSPS) is 13.3. The van der Waals surface area contributed by atoms with Crippen molar-refractivity contribution in [3.05, 3.63) is 34.9 Å². The second-order valence-electron chi connectivity index (χ2n) is 5.14. The van der Waals surface area contributed by atoms with Crippen LogP contribution < -0.4 is 5.32 Å². The van der Waals surface area contributed by atoms with Crippen molar-refractivity contribution >= 4 is 23.6 Å². The largest absolute Gasteiger partial charge is 0.480 e. The van der Waals surface area contributed by atoms with Crippen LogP contribution in [0.15, 0.2) is 18.2 Å². The van der Waals surface area contributed by atoms with Gasteiger partial charge in [0, 0.05) is 5.56 Å². The predicted octanol–water partition coefficient (Wildman–Crippen LogP) is 4.05. The van der Waals surface area contributed by atoms with E-state index in [1.807, 2.05) is 12.2 Å². The van der Waals surface area contributed by atoms with E-state index in [4.69, 9.17) is 5.11 Å². The number of nitrogens with one attached hydrogen (secondary N) is 1. The topological polar surface area (TPSA) is 66.4 Å². The summed E-state index contributed by atoms with van der Waals surface area (Å²) in [6.45, 7) is 1.82. The van der Waals surface area contributed by atoms with E-state index in [2.05, 4.69) is 0 Å². The summed E-state index contributed by atoms with van der Waals surface area (Å²) in [6, 6.07) is -1.02. The zero-order valence-electron chi connectivity index (χ0n) is 13.4. The molecule has 0 aliphatic carbocycles. The molecule has 1 atom stereocenters. The van der Waals surface area contributed by atoms with E-state index in [-0.39, 0.29) is 24.6 Å². The van der Waals surface area contributed by atoms with Crippen LogP contribution in [-0.2, 0) is 17.1 Å². The van der Waals surface area contributed by atoms with Crippen molar-refractivity contribution in [2.24, 2.45) is 0 Å². The minimum absolute atomic E-state index is 0.0231. The van der Waals surface area contributed by atoms with Gasteiger partial charge in [0.1, 0.15) is 6.04 Å². The zero-order chi connectivity index (χ0) is 20.1. The predicted molar refractivity (Wildman–Crippen MR) is 83.0 cm³/mol. The van der Waals surface area contributed by atoms with E-state index in [1.165, 1.54) is 11.8 Å². The Morgan fingerprint density at radius 3 is 1.96 bits per heavy atom. The van der Waals surface area contributed by atoms with Gasteiger partial charge in [0.25, 0.3) is 5.91 Å². The van der Waals surface area contributed by atoms with Gasteiger partial charge in [-0.1, -0.05) is 6.92 Å². The molecule has 0 aliphatic rings. The van der Waals surface area contributed by atoms with E-state index in [9.17, 15) is 35.9 Å². The van der Waals surface area contributed by atoms with Gasteiger partial charge in [0.15, 0.2) is 0 Å². The second kappa shape index (κ2) is 8.65. The summed E-state index contributed by atoms with van der Waals surface area (Å²) >= 11 is 1.38. The van der Waals surface area contributed by atoms with Gasteiger partial charge >= 0.3 is 18.3 Å². The standard InChI is InChI=1S/C15H15F6NO3S/c1-2-26-4-3-11(13(24)25)22-12(23)8-5-9(14(16,17)18)7-10(6-8)15(19,20)21/h5-7,11H,2-4H2,1H3,(H,22,23)(H,24,25). The minimum Gasteiger partial charge on any atom is -0.480 e. The van der Waals surface area contributed by atoms with E-state index < -0.39 is 47.0 Å². The Kier molecular flexibility index (Phi) is 7.36. The summed E-state index contributed by atoms with van der Waals surface area (Å²) in [5.74, 6) is -1.72. The number of thioether (sulfide) groups is 1. The first-order valence-electron chi connectivity index (χ1n) is 7.27. The van der Waals surface area contributed by atoms with Crippen LogP contribution in [-0.4, -0.2) is 34.5 Å². The molecule has 0 fully saturated rings. The van der Waals surface area contributed by atoms with Crippen molar-refractivity contribution in [3.63, 3.8) is 0 Å². The summed E-state index contributed by atoms with van der Waals surface area (Å²) in [6.07, 6.45) is -10.2. The van der Waals surface area contributed by atoms with Gasteiger partial charge in [-0.3, -0.25) is 4.79 Å². The number of hydrogen-bond donors (Lipinski definition) is 2. The molecule has 4 nitrogen and oxygen atoms in total. The Hall–Kier alpha value is -1.91. The molecule has 0 bridgehead atoms. The summed E-state index contributed by atoms with van der Waals surface area (Å²) in [5.41, 5.74) is -4.21. The quantitative estimate of drug-likeness (QED) is 0.533. The van der Waals surface area contributed by atoms with E-state index in [1.54, 1.807) is 0 Å². The maximum Gasteiger partial charge on any atom is 0.416 e. The molecule has 1 rings (SSSR count). The van der Waals surface area contributed by atoms with Crippen molar-refractivity contribution < 1.29 is 41.0 Å². The lowest BCUT2D eigenvalue weighted by Gasteiger charge is -2.17. The van der Waals surface area contributed by atoms with Crippen LogP contribution in [0.4, 0.5) is 26.3 Å². The average Bonchev–Trinajstić information content (AvgIpc) is 2.51. The number of halogens is 6. The monoisotopic (exact) mass is 403 g/mol. The Balaban J connectivity index is 3.15. The third kappa shape index (κ3) is 6.43. The maximum absolute atomic E-state index is 12.8. The highest BCUT2D eigenvalue weighted by molar-refractivity contribution is 7.99. The van der Waals surface area contributed by atoms with Gasteiger partial charge < -0.3 is 10.4 Å². The Morgan fingerprint density at radius 2 is 1.58 bits per heavy atom. The van der Waals surface area contributed by atoms with Gasteiger partial charge in [-0.15, -0.1) is 0 Å². The van der Waals surface area contributed by atoms with Crippen molar-refractivity contribution in [2.75, 3.05) is 11.5 Å². The van der Waals surface area contributed by atoms with E-state index >= 15 is 0 Å². The third-order valence-electron chi connectivity index (χ3n) is 3.21. The highest BCUT2D eigenvalue weighted by Crippen LogP contribution is 2.36. The molecule has 26 heavy (non-hydrogen) atoms. The Bertz CT molecular complexity index is 628. The minimum atomic E-state index is -5.10. The molecule has 11 heteroatoms. The summed E-state index contributed by atoms with van der Waals surface area (Å²) in [7, 11) is 0. The maximum atomic E-state index is 12.8. The molecule has 1 unspecified atom stereocenters. The lowest BCUT2D eigenvalue weighted by molar-refractivity contribution is -0.143. The number of amides is 1. The van der Waals surface area contributed by atoms with Crippen LogP contribution >= 0.6 is 11.8 Å². The molecule has 1 amide bonds.